The van der Waals surface area contributed by atoms with E-state index in [2.05, 4.69) is 56.6 Å². The molecule has 0 amide bonds. The van der Waals surface area contributed by atoms with Crippen LogP contribution in [0.5, 0.6) is 0 Å². The predicted molar refractivity (Wildman–Crippen MR) is 115 cm³/mol. The van der Waals surface area contributed by atoms with E-state index in [0.29, 0.717) is 6.54 Å². The van der Waals surface area contributed by atoms with Crippen LogP contribution in [0.25, 0.3) is 0 Å². The van der Waals surface area contributed by atoms with Crippen molar-refractivity contribution >= 4 is 11.8 Å². The van der Waals surface area contributed by atoms with Gasteiger partial charge < -0.3 is 15.5 Å². The monoisotopic (exact) mass is 383 g/mol. The first-order valence-electron chi connectivity index (χ1n) is 10.4. The van der Waals surface area contributed by atoms with Crippen LogP contribution in [-0.2, 0) is 13.1 Å². The second kappa shape index (κ2) is 10.7. The minimum atomic E-state index is 0.624. The average molecular weight is 384 g/mol. The molecule has 0 aliphatic carbocycles. The molecule has 0 saturated carbocycles. The van der Waals surface area contributed by atoms with E-state index in [1.807, 2.05) is 29.3 Å². The number of hydrogen-bond donors (Lipinski definition) is 2. The number of aromatic nitrogens is 3. The number of guanidine groups is 1. The van der Waals surface area contributed by atoms with Crippen molar-refractivity contribution in [2.24, 2.45) is 10.9 Å². The molecule has 2 aromatic rings. The molecule has 2 aromatic heterocycles. The third-order valence-corrected chi connectivity index (χ3v) is 5.10. The lowest BCUT2D eigenvalue weighted by Crippen LogP contribution is -2.38. The summed E-state index contributed by atoms with van der Waals surface area (Å²) in [5.74, 6) is 2.77. The summed E-state index contributed by atoms with van der Waals surface area (Å²) < 4.78 is 1.95. The van der Waals surface area contributed by atoms with Gasteiger partial charge in [0, 0.05) is 51.3 Å². The van der Waals surface area contributed by atoms with Crippen molar-refractivity contribution in [2.45, 2.75) is 46.2 Å². The fraction of sp³-hybridized carbons (Fsp3) is 0.571. The van der Waals surface area contributed by atoms with Gasteiger partial charge in [-0.1, -0.05) is 13.0 Å². The predicted octanol–water partition coefficient (Wildman–Crippen LogP) is 2.66. The molecule has 1 aliphatic heterocycles. The van der Waals surface area contributed by atoms with Crippen molar-refractivity contribution in [2.75, 3.05) is 31.1 Å². The topological polar surface area (TPSA) is 70.4 Å². The summed E-state index contributed by atoms with van der Waals surface area (Å²) in [6.07, 6.45) is 9.26. The Morgan fingerprint density at radius 2 is 2.11 bits per heavy atom. The Labute approximate surface area is 168 Å². The Kier molecular flexibility index (Phi) is 7.70. The molecule has 7 heteroatoms. The third kappa shape index (κ3) is 6.25. The normalized spacial score (nSPS) is 15.6. The summed E-state index contributed by atoms with van der Waals surface area (Å²) in [4.78, 5) is 11.7. The molecule has 152 valence electrons. The van der Waals surface area contributed by atoms with Gasteiger partial charge in [-0.05, 0) is 49.8 Å². The maximum absolute atomic E-state index is 4.69. The Morgan fingerprint density at radius 1 is 1.25 bits per heavy atom. The van der Waals surface area contributed by atoms with E-state index in [0.717, 1.165) is 62.4 Å². The van der Waals surface area contributed by atoms with Gasteiger partial charge >= 0.3 is 0 Å². The SMILES string of the molecule is CCNC(=NCc1ccc(N2CCC(C)CC2)nc1)NCCCn1cccn1. The second-order valence-electron chi connectivity index (χ2n) is 7.44. The molecule has 0 atom stereocenters. The van der Waals surface area contributed by atoms with Crippen molar-refractivity contribution in [3.05, 3.63) is 42.4 Å². The number of piperidine rings is 1. The Hall–Kier alpha value is -2.57. The molecule has 3 rings (SSSR count). The zero-order valence-electron chi connectivity index (χ0n) is 17.1. The number of rotatable bonds is 8. The quantitative estimate of drug-likeness (QED) is 0.417. The van der Waals surface area contributed by atoms with Crippen molar-refractivity contribution in [3.8, 4) is 0 Å². The molecule has 0 spiro atoms. The first kappa shape index (κ1) is 20.2. The number of nitrogens with zero attached hydrogens (tertiary/aromatic N) is 5. The van der Waals surface area contributed by atoms with Crippen LogP contribution in [-0.4, -0.2) is 46.9 Å². The number of hydrogen-bond acceptors (Lipinski definition) is 4. The van der Waals surface area contributed by atoms with Crippen LogP contribution in [0, 0.1) is 5.92 Å². The van der Waals surface area contributed by atoms with Crippen molar-refractivity contribution in [1.82, 2.24) is 25.4 Å². The van der Waals surface area contributed by atoms with Crippen LogP contribution in [0.3, 0.4) is 0 Å². The maximum Gasteiger partial charge on any atom is 0.191 e. The first-order valence-corrected chi connectivity index (χ1v) is 10.4. The summed E-state index contributed by atoms with van der Waals surface area (Å²) >= 11 is 0. The molecule has 0 bridgehead atoms. The molecule has 7 nitrogen and oxygen atoms in total. The number of aliphatic imine (C=N–C) groups is 1. The Morgan fingerprint density at radius 3 is 2.79 bits per heavy atom. The highest BCUT2D eigenvalue weighted by atomic mass is 15.3. The van der Waals surface area contributed by atoms with Crippen LogP contribution in [0.2, 0.25) is 0 Å². The molecular formula is C21H33N7. The zero-order chi connectivity index (χ0) is 19.6. The number of nitrogens with one attached hydrogen (secondary N) is 2. The van der Waals surface area contributed by atoms with Gasteiger partial charge in [0.05, 0.1) is 6.54 Å². The lowest BCUT2D eigenvalue weighted by molar-refractivity contribution is 0.436. The molecule has 2 N–H and O–H groups in total. The smallest absolute Gasteiger partial charge is 0.191 e. The van der Waals surface area contributed by atoms with Crippen LogP contribution >= 0.6 is 0 Å². The van der Waals surface area contributed by atoms with Gasteiger partial charge in [-0.15, -0.1) is 0 Å². The minimum Gasteiger partial charge on any atom is -0.357 e. The molecule has 0 unspecified atom stereocenters. The van der Waals surface area contributed by atoms with Crippen molar-refractivity contribution in [3.63, 3.8) is 0 Å². The van der Waals surface area contributed by atoms with Crippen LogP contribution in [0.15, 0.2) is 41.8 Å². The van der Waals surface area contributed by atoms with E-state index in [1.165, 1.54) is 12.8 Å². The average Bonchev–Trinajstić information content (AvgIpc) is 3.24. The number of aryl methyl sites for hydroxylation is 1. The number of anilines is 1. The molecule has 1 fully saturated rings. The minimum absolute atomic E-state index is 0.624. The van der Waals surface area contributed by atoms with Crippen LogP contribution < -0.4 is 15.5 Å². The highest BCUT2D eigenvalue weighted by Crippen LogP contribution is 2.21. The van der Waals surface area contributed by atoms with E-state index in [1.54, 1.807) is 0 Å². The van der Waals surface area contributed by atoms with E-state index in [-0.39, 0.29) is 0 Å². The van der Waals surface area contributed by atoms with Gasteiger partial charge in [0.2, 0.25) is 0 Å². The van der Waals surface area contributed by atoms with Crippen LogP contribution in [0.4, 0.5) is 5.82 Å². The Balaban J connectivity index is 1.46. The van der Waals surface area contributed by atoms with Gasteiger partial charge in [-0.2, -0.15) is 5.10 Å². The molecule has 1 aliphatic rings. The van der Waals surface area contributed by atoms with Gasteiger partial charge in [0.1, 0.15) is 5.82 Å². The van der Waals surface area contributed by atoms with Gasteiger partial charge in [-0.3, -0.25) is 4.68 Å². The van der Waals surface area contributed by atoms with E-state index in [9.17, 15) is 0 Å². The van der Waals surface area contributed by atoms with E-state index in [4.69, 9.17) is 0 Å². The fourth-order valence-corrected chi connectivity index (χ4v) is 3.33. The Bertz CT molecular complexity index is 701. The fourth-order valence-electron chi connectivity index (χ4n) is 3.33. The molecule has 0 radical (unpaired) electrons. The molecule has 1 saturated heterocycles. The van der Waals surface area contributed by atoms with E-state index >= 15 is 0 Å². The summed E-state index contributed by atoms with van der Waals surface area (Å²) in [7, 11) is 0. The lowest BCUT2D eigenvalue weighted by Gasteiger charge is -2.31. The second-order valence-corrected chi connectivity index (χ2v) is 7.44. The highest BCUT2D eigenvalue weighted by molar-refractivity contribution is 5.79. The van der Waals surface area contributed by atoms with Crippen LogP contribution in [0.1, 0.15) is 38.7 Å². The van der Waals surface area contributed by atoms with E-state index < -0.39 is 0 Å². The molecule has 28 heavy (non-hydrogen) atoms. The van der Waals surface area contributed by atoms with Crippen molar-refractivity contribution in [1.29, 1.82) is 0 Å². The zero-order valence-corrected chi connectivity index (χ0v) is 17.1. The summed E-state index contributed by atoms with van der Waals surface area (Å²) in [5, 5.41) is 10.9. The van der Waals surface area contributed by atoms with Gasteiger partial charge in [0.25, 0.3) is 0 Å². The maximum atomic E-state index is 4.69. The summed E-state index contributed by atoms with van der Waals surface area (Å²) in [6.45, 7) is 9.86. The lowest BCUT2D eigenvalue weighted by atomic mass is 9.99. The molecule has 0 aromatic carbocycles. The summed E-state index contributed by atoms with van der Waals surface area (Å²) in [6, 6.07) is 6.22. The third-order valence-electron chi connectivity index (χ3n) is 5.10. The standard InChI is InChI=1S/C21H33N7/c1-3-22-21(23-10-4-12-28-13-5-11-26-28)25-17-19-6-7-20(24-16-19)27-14-8-18(2)9-15-27/h5-7,11,13,16,18H,3-4,8-10,12,14-15,17H2,1-2H3,(H2,22,23,25). The van der Waals surface area contributed by atoms with Crippen molar-refractivity contribution < 1.29 is 0 Å². The number of pyridine rings is 1. The largest absolute Gasteiger partial charge is 0.357 e. The summed E-state index contributed by atoms with van der Waals surface area (Å²) in [5.41, 5.74) is 1.13. The highest BCUT2D eigenvalue weighted by Gasteiger charge is 2.16. The molecule has 3 heterocycles. The van der Waals surface area contributed by atoms with Gasteiger partial charge in [0.15, 0.2) is 5.96 Å². The molecular weight excluding hydrogens is 350 g/mol. The van der Waals surface area contributed by atoms with Gasteiger partial charge in [-0.25, -0.2) is 9.98 Å². The first-order chi connectivity index (χ1) is 13.7.